The van der Waals surface area contributed by atoms with Crippen LogP contribution in [-0.4, -0.2) is 62.8 Å². The molecule has 1 rings (SSSR count). The van der Waals surface area contributed by atoms with E-state index in [-0.39, 0.29) is 6.10 Å². The molecule has 0 aromatic carbocycles. The molecule has 0 aromatic rings. The molecular formula is C14H30N4O. The molecule has 0 saturated carbocycles. The molecule has 1 aliphatic heterocycles. The van der Waals surface area contributed by atoms with Crippen molar-refractivity contribution in [3.05, 3.63) is 0 Å². The van der Waals surface area contributed by atoms with Gasteiger partial charge in [-0.05, 0) is 26.8 Å². The number of ether oxygens (including phenoxy) is 1. The Kier molecular flexibility index (Phi) is 7.16. The normalized spacial score (nSPS) is 23.5. The number of hydrogen-bond donors (Lipinski definition) is 2. The highest BCUT2D eigenvalue weighted by atomic mass is 16.5. The van der Waals surface area contributed by atoms with E-state index in [1.165, 1.54) is 0 Å². The largest absolute Gasteiger partial charge is 0.374 e. The molecule has 0 aromatic heterocycles. The molecule has 0 radical (unpaired) electrons. The number of nitrogens with zero attached hydrogens (tertiary/aromatic N) is 2. The first-order valence-electron chi connectivity index (χ1n) is 7.38. The highest BCUT2D eigenvalue weighted by Crippen LogP contribution is 2.03. The van der Waals surface area contributed by atoms with Gasteiger partial charge in [0.2, 0.25) is 0 Å². The van der Waals surface area contributed by atoms with Crippen molar-refractivity contribution in [2.24, 2.45) is 10.9 Å². The second-order valence-corrected chi connectivity index (χ2v) is 5.65. The number of rotatable bonds is 5. The SMILES string of the molecule is CCNC(=NCC1CN(C)CCO1)NC(C)C(C)C. The van der Waals surface area contributed by atoms with E-state index in [1.807, 2.05) is 0 Å². The van der Waals surface area contributed by atoms with Gasteiger partial charge in [-0.1, -0.05) is 13.8 Å². The Bertz CT molecular complexity index is 281. The summed E-state index contributed by atoms with van der Waals surface area (Å²) in [5.41, 5.74) is 0. The van der Waals surface area contributed by atoms with Crippen molar-refractivity contribution < 1.29 is 4.74 Å². The Morgan fingerprint density at radius 3 is 2.74 bits per heavy atom. The fourth-order valence-electron chi connectivity index (χ4n) is 1.87. The molecule has 1 heterocycles. The molecule has 2 unspecified atom stereocenters. The second kappa shape index (κ2) is 8.38. The summed E-state index contributed by atoms with van der Waals surface area (Å²) in [5.74, 6) is 1.47. The van der Waals surface area contributed by atoms with E-state index < -0.39 is 0 Å². The van der Waals surface area contributed by atoms with Crippen molar-refractivity contribution in [1.82, 2.24) is 15.5 Å². The lowest BCUT2D eigenvalue weighted by Gasteiger charge is -2.29. The fourth-order valence-corrected chi connectivity index (χ4v) is 1.87. The van der Waals surface area contributed by atoms with Crippen LogP contribution in [0.25, 0.3) is 0 Å². The van der Waals surface area contributed by atoms with Gasteiger partial charge in [0, 0.05) is 25.7 Å². The zero-order valence-corrected chi connectivity index (χ0v) is 13.1. The molecule has 0 amide bonds. The summed E-state index contributed by atoms with van der Waals surface area (Å²) in [6.07, 6.45) is 0.212. The maximum absolute atomic E-state index is 5.73. The van der Waals surface area contributed by atoms with Crippen LogP contribution >= 0.6 is 0 Å². The van der Waals surface area contributed by atoms with Crippen molar-refractivity contribution in [1.29, 1.82) is 0 Å². The van der Waals surface area contributed by atoms with E-state index in [0.29, 0.717) is 18.5 Å². The van der Waals surface area contributed by atoms with Crippen molar-refractivity contribution in [2.45, 2.75) is 39.8 Å². The second-order valence-electron chi connectivity index (χ2n) is 5.65. The van der Waals surface area contributed by atoms with Gasteiger partial charge >= 0.3 is 0 Å². The minimum Gasteiger partial charge on any atom is -0.374 e. The van der Waals surface area contributed by atoms with Gasteiger partial charge in [0.1, 0.15) is 0 Å². The number of likely N-dealkylation sites (N-methyl/N-ethyl adjacent to an activating group) is 1. The highest BCUT2D eigenvalue weighted by Gasteiger charge is 2.17. The Hall–Kier alpha value is -0.810. The summed E-state index contributed by atoms with van der Waals surface area (Å²) in [6, 6.07) is 0.410. The molecule has 2 N–H and O–H groups in total. The average Bonchev–Trinajstić information content (AvgIpc) is 2.36. The van der Waals surface area contributed by atoms with Gasteiger partial charge < -0.3 is 20.3 Å². The molecule has 0 aliphatic carbocycles. The quantitative estimate of drug-likeness (QED) is 0.576. The summed E-state index contributed by atoms with van der Waals surface area (Å²) >= 11 is 0. The Balaban J connectivity index is 2.47. The lowest BCUT2D eigenvalue weighted by atomic mass is 10.1. The third-order valence-corrected chi connectivity index (χ3v) is 3.50. The number of hydrogen-bond acceptors (Lipinski definition) is 3. The smallest absolute Gasteiger partial charge is 0.191 e. The number of guanidine groups is 1. The van der Waals surface area contributed by atoms with E-state index in [2.05, 4.69) is 55.3 Å². The lowest BCUT2D eigenvalue weighted by Crippen LogP contribution is -2.46. The Morgan fingerprint density at radius 2 is 2.16 bits per heavy atom. The van der Waals surface area contributed by atoms with E-state index in [9.17, 15) is 0 Å². The topological polar surface area (TPSA) is 48.9 Å². The number of aliphatic imine (C=N–C) groups is 1. The summed E-state index contributed by atoms with van der Waals surface area (Å²) in [4.78, 5) is 6.93. The van der Waals surface area contributed by atoms with Crippen LogP contribution in [0.1, 0.15) is 27.7 Å². The van der Waals surface area contributed by atoms with Crippen LogP contribution in [0.4, 0.5) is 0 Å². The maximum atomic E-state index is 5.73. The molecule has 1 saturated heterocycles. The van der Waals surface area contributed by atoms with Crippen LogP contribution in [0.15, 0.2) is 4.99 Å². The van der Waals surface area contributed by atoms with Crippen LogP contribution < -0.4 is 10.6 Å². The van der Waals surface area contributed by atoms with E-state index in [1.54, 1.807) is 0 Å². The van der Waals surface area contributed by atoms with E-state index >= 15 is 0 Å². The van der Waals surface area contributed by atoms with Crippen molar-refractivity contribution in [3.8, 4) is 0 Å². The molecule has 1 fully saturated rings. The van der Waals surface area contributed by atoms with Gasteiger partial charge in [-0.25, -0.2) is 0 Å². The lowest BCUT2D eigenvalue weighted by molar-refractivity contribution is -0.0136. The minimum atomic E-state index is 0.212. The molecule has 19 heavy (non-hydrogen) atoms. The first-order valence-corrected chi connectivity index (χ1v) is 7.38. The minimum absolute atomic E-state index is 0.212. The molecule has 112 valence electrons. The molecule has 5 heteroatoms. The third kappa shape index (κ3) is 6.25. The maximum Gasteiger partial charge on any atom is 0.191 e. The van der Waals surface area contributed by atoms with Crippen molar-refractivity contribution >= 4 is 5.96 Å². The van der Waals surface area contributed by atoms with Gasteiger partial charge in [0.15, 0.2) is 5.96 Å². The average molecular weight is 270 g/mol. The molecule has 0 spiro atoms. The van der Waals surface area contributed by atoms with E-state index in [4.69, 9.17) is 4.74 Å². The highest BCUT2D eigenvalue weighted by molar-refractivity contribution is 5.80. The Labute approximate surface area is 117 Å². The van der Waals surface area contributed by atoms with Crippen LogP contribution in [-0.2, 0) is 4.74 Å². The van der Waals surface area contributed by atoms with Gasteiger partial charge in [-0.2, -0.15) is 0 Å². The monoisotopic (exact) mass is 270 g/mol. The van der Waals surface area contributed by atoms with Crippen LogP contribution in [0.2, 0.25) is 0 Å². The summed E-state index contributed by atoms with van der Waals surface area (Å²) < 4.78 is 5.73. The van der Waals surface area contributed by atoms with Crippen LogP contribution in [0, 0.1) is 5.92 Å². The van der Waals surface area contributed by atoms with Crippen LogP contribution in [0.3, 0.4) is 0 Å². The van der Waals surface area contributed by atoms with Crippen LogP contribution in [0.5, 0.6) is 0 Å². The number of morpholine rings is 1. The molecule has 0 bridgehead atoms. The standard InChI is InChI=1S/C14H30N4O/c1-6-15-14(17-12(4)11(2)3)16-9-13-10-18(5)7-8-19-13/h11-13H,6-10H2,1-5H3,(H2,15,16,17). The Morgan fingerprint density at radius 1 is 1.42 bits per heavy atom. The van der Waals surface area contributed by atoms with E-state index in [0.717, 1.165) is 32.2 Å². The van der Waals surface area contributed by atoms with Gasteiger partial charge in [0.05, 0.1) is 19.3 Å². The van der Waals surface area contributed by atoms with Crippen molar-refractivity contribution in [2.75, 3.05) is 39.8 Å². The fraction of sp³-hybridized carbons (Fsp3) is 0.929. The third-order valence-electron chi connectivity index (χ3n) is 3.50. The van der Waals surface area contributed by atoms with Gasteiger partial charge in [-0.3, -0.25) is 4.99 Å². The zero-order chi connectivity index (χ0) is 14.3. The summed E-state index contributed by atoms with van der Waals surface area (Å²) in [7, 11) is 2.13. The summed E-state index contributed by atoms with van der Waals surface area (Å²) in [6.45, 7) is 13.1. The first kappa shape index (κ1) is 16.2. The first-order chi connectivity index (χ1) is 9.02. The van der Waals surface area contributed by atoms with Gasteiger partial charge in [0.25, 0.3) is 0 Å². The molecular weight excluding hydrogens is 240 g/mol. The molecule has 5 nitrogen and oxygen atoms in total. The zero-order valence-electron chi connectivity index (χ0n) is 13.1. The predicted octanol–water partition coefficient (Wildman–Crippen LogP) is 0.917. The predicted molar refractivity (Wildman–Crippen MR) is 80.7 cm³/mol. The summed E-state index contributed by atoms with van der Waals surface area (Å²) in [5, 5.41) is 6.73. The van der Waals surface area contributed by atoms with Gasteiger partial charge in [-0.15, -0.1) is 0 Å². The molecule has 2 atom stereocenters. The van der Waals surface area contributed by atoms with Crippen molar-refractivity contribution in [3.63, 3.8) is 0 Å². The molecule has 1 aliphatic rings. The number of nitrogens with one attached hydrogen (secondary N) is 2.